The molecule has 65 valence electrons. The molecular weight excluding hydrogens is 212 g/mol. The van der Waals surface area contributed by atoms with Crippen LogP contribution < -0.4 is 0 Å². The van der Waals surface area contributed by atoms with E-state index in [0.717, 1.165) is 6.42 Å². The summed E-state index contributed by atoms with van der Waals surface area (Å²) in [5.74, 6) is 0. The van der Waals surface area contributed by atoms with Gasteiger partial charge in [0.15, 0.2) is 0 Å². The molecule has 0 saturated heterocycles. The molecular formula is C11H14Br. The second-order valence-corrected chi connectivity index (χ2v) is 3.86. The highest BCUT2D eigenvalue weighted by molar-refractivity contribution is 9.10. The Morgan fingerprint density at radius 3 is 2.75 bits per heavy atom. The van der Waals surface area contributed by atoms with E-state index in [9.17, 15) is 0 Å². The van der Waals surface area contributed by atoms with Crippen molar-refractivity contribution in [2.45, 2.75) is 25.7 Å². The molecule has 1 heteroatoms. The van der Waals surface area contributed by atoms with Gasteiger partial charge >= 0.3 is 0 Å². The zero-order valence-electron chi connectivity index (χ0n) is 7.22. The lowest BCUT2D eigenvalue weighted by molar-refractivity contribution is 0.746. The molecule has 0 aromatic heterocycles. The molecule has 0 atom stereocenters. The Balaban J connectivity index is 2.41. The molecule has 0 N–H and O–H groups in total. The van der Waals surface area contributed by atoms with Crippen molar-refractivity contribution in [1.29, 1.82) is 0 Å². The lowest BCUT2D eigenvalue weighted by Gasteiger charge is -2.00. The molecule has 0 aliphatic heterocycles. The molecule has 1 rings (SSSR count). The summed E-state index contributed by atoms with van der Waals surface area (Å²) >= 11 is 3.46. The van der Waals surface area contributed by atoms with Crippen molar-refractivity contribution in [2.24, 2.45) is 0 Å². The largest absolute Gasteiger partial charge is 0.0609 e. The number of unbranched alkanes of at least 4 members (excludes halogenated alkanes) is 2. The fraction of sp³-hybridized carbons (Fsp3) is 0.364. The molecule has 0 aliphatic carbocycles. The van der Waals surface area contributed by atoms with Gasteiger partial charge in [0.1, 0.15) is 0 Å². The topological polar surface area (TPSA) is 0 Å². The van der Waals surface area contributed by atoms with Crippen LogP contribution >= 0.6 is 15.9 Å². The lowest BCUT2D eigenvalue weighted by Crippen LogP contribution is -1.84. The monoisotopic (exact) mass is 225 g/mol. The van der Waals surface area contributed by atoms with E-state index in [2.05, 4.69) is 47.1 Å². The molecule has 0 heterocycles. The number of benzene rings is 1. The summed E-state index contributed by atoms with van der Waals surface area (Å²) in [6, 6.07) is 8.51. The van der Waals surface area contributed by atoms with Crippen LogP contribution in [-0.2, 0) is 6.42 Å². The van der Waals surface area contributed by atoms with Crippen LogP contribution in [0.15, 0.2) is 28.7 Å². The Kier molecular flexibility index (Phi) is 4.37. The van der Waals surface area contributed by atoms with Crippen LogP contribution in [0.3, 0.4) is 0 Å². The minimum atomic E-state index is 1.05. The van der Waals surface area contributed by atoms with Gasteiger partial charge in [0.2, 0.25) is 0 Å². The molecule has 0 aliphatic rings. The van der Waals surface area contributed by atoms with E-state index in [1.165, 1.54) is 29.3 Å². The standard InChI is InChI=1S/C11H14Br/c1-2-3-4-6-10-7-5-8-11(12)9-10/h5,7-9H,1-4,6H2. The molecule has 1 aromatic carbocycles. The summed E-state index contributed by atoms with van der Waals surface area (Å²) in [6.45, 7) is 3.83. The van der Waals surface area contributed by atoms with E-state index in [1.54, 1.807) is 0 Å². The van der Waals surface area contributed by atoms with Crippen LogP contribution in [0.25, 0.3) is 0 Å². The quantitative estimate of drug-likeness (QED) is 0.681. The maximum Gasteiger partial charge on any atom is 0.0177 e. The Bertz CT molecular complexity index is 230. The molecule has 0 amide bonds. The van der Waals surface area contributed by atoms with Gasteiger partial charge < -0.3 is 0 Å². The SMILES string of the molecule is [CH2]CCCCc1cccc(Br)c1. The molecule has 1 aromatic rings. The van der Waals surface area contributed by atoms with Gasteiger partial charge in [-0.15, -0.1) is 0 Å². The van der Waals surface area contributed by atoms with E-state index >= 15 is 0 Å². The third kappa shape index (κ3) is 3.40. The van der Waals surface area contributed by atoms with E-state index in [4.69, 9.17) is 0 Å². The van der Waals surface area contributed by atoms with Crippen molar-refractivity contribution >= 4 is 15.9 Å². The third-order valence-electron chi connectivity index (χ3n) is 1.85. The van der Waals surface area contributed by atoms with Gasteiger partial charge in [-0.25, -0.2) is 0 Å². The van der Waals surface area contributed by atoms with Crippen LogP contribution in [0.2, 0.25) is 0 Å². The predicted octanol–water partition coefficient (Wildman–Crippen LogP) is 4.00. The molecule has 12 heavy (non-hydrogen) atoms. The van der Waals surface area contributed by atoms with Crippen LogP contribution in [0.5, 0.6) is 0 Å². The van der Waals surface area contributed by atoms with Crippen molar-refractivity contribution in [3.05, 3.63) is 41.2 Å². The maximum absolute atomic E-state index is 3.83. The smallest absolute Gasteiger partial charge is 0.0177 e. The van der Waals surface area contributed by atoms with Gasteiger partial charge in [0.25, 0.3) is 0 Å². The summed E-state index contributed by atoms with van der Waals surface area (Å²) in [4.78, 5) is 0. The fourth-order valence-electron chi connectivity index (χ4n) is 1.20. The maximum atomic E-state index is 3.83. The Hall–Kier alpha value is -0.300. The number of aryl methyl sites for hydroxylation is 1. The predicted molar refractivity (Wildman–Crippen MR) is 57.1 cm³/mol. The Morgan fingerprint density at radius 2 is 2.08 bits per heavy atom. The molecule has 0 fully saturated rings. The Morgan fingerprint density at radius 1 is 1.25 bits per heavy atom. The Labute approximate surface area is 83.1 Å². The molecule has 0 spiro atoms. The second-order valence-electron chi connectivity index (χ2n) is 2.94. The molecule has 0 unspecified atom stereocenters. The van der Waals surface area contributed by atoms with Gasteiger partial charge in [0.05, 0.1) is 0 Å². The number of rotatable bonds is 4. The first-order valence-electron chi connectivity index (χ1n) is 4.36. The summed E-state index contributed by atoms with van der Waals surface area (Å²) in [7, 11) is 0. The third-order valence-corrected chi connectivity index (χ3v) is 2.35. The molecule has 0 saturated carbocycles. The first-order valence-corrected chi connectivity index (χ1v) is 5.16. The van der Waals surface area contributed by atoms with Gasteiger partial charge in [-0.3, -0.25) is 0 Å². The van der Waals surface area contributed by atoms with Crippen molar-refractivity contribution in [2.75, 3.05) is 0 Å². The van der Waals surface area contributed by atoms with E-state index in [0.29, 0.717) is 0 Å². The van der Waals surface area contributed by atoms with E-state index < -0.39 is 0 Å². The van der Waals surface area contributed by atoms with Crippen LogP contribution in [0.1, 0.15) is 24.8 Å². The van der Waals surface area contributed by atoms with Gasteiger partial charge in [-0.05, 0) is 30.5 Å². The lowest BCUT2D eigenvalue weighted by atomic mass is 10.1. The number of halogens is 1. The summed E-state index contributed by atoms with van der Waals surface area (Å²) in [5, 5.41) is 0. The molecule has 1 radical (unpaired) electrons. The van der Waals surface area contributed by atoms with Crippen molar-refractivity contribution < 1.29 is 0 Å². The highest BCUT2D eigenvalue weighted by atomic mass is 79.9. The normalized spacial score (nSPS) is 10.2. The van der Waals surface area contributed by atoms with Crippen molar-refractivity contribution in [3.63, 3.8) is 0 Å². The summed E-state index contributed by atoms with van der Waals surface area (Å²) < 4.78 is 1.18. The summed E-state index contributed by atoms with van der Waals surface area (Å²) in [6.07, 6.45) is 4.70. The minimum absolute atomic E-state index is 1.05. The van der Waals surface area contributed by atoms with Crippen LogP contribution in [-0.4, -0.2) is 0 Å². The highest BCUT2D eigenvalue weighted by Crippen LogP contribution is 2.13. The first-order chi connectivity index (χ1) is 5.83. The van der Waals surface area contributed by atoms with Crippen LogP contribution in [0, 0.1) is 6.92 Å². The average molecular weight is 226 g/mol. The van der Waals surface area contributed by atoms with E-state index in [1.807, 2.05) is 0 Å². The second kappa shape index (κ2) is 5.36. The molecule has 0 nitrogen and oxygen atoms in total. The average Bonchev–Trinajstić information content (AvgIpc) is 2.05. The van der Waals surface area contributed by atoms with Gasteiger partial charge in [-0.2, -0.15) is 0 Å². The highest BCUT2D eigenvalue weighted by Gasteiger charge is 1.92. The first kappa shape index (κ1) is 9.79. The van der Waals surface area contributed by atoms with Crippen molar-refractivity contribution in [1.82, 2.24) is 0 Å². The van der Waals surface area contributed by atoms with Gasteiger partial charge in [0, 0.05) is 4.47 Å². The van der Waals surface area contributed by atoms with Crippen LogP contribution in [0.4, 0.5) is 0 Å². The zero-order valence-corrected chi connectivity index (χ0v) is 8.81. The minimum Gasteiger partial charge on any atom is -0.0609 e. The van der Waals surface area contributed by atoms with E-state index in [-0.39, 0.29) is 0 Å². The number of hydrogen-bond donors (Lipinski definition) is 0. The van der Waals surface area contributed by atoms with Gasteiger partial charge in [-0.1, -0.05) is 47.8 Å². The summed E-state index contributed by atoms with van der Waals surface area (Å²) in [5.41, 5.74) is 1.41. The zero-order chi connectivity index (χ0) is 8.81. The number of hydrogen-bond acceptors (Lipinski definition) is 0. The molecule has 0 bridgehead atoms. The fourth-order valence-corrected chi connectivity index (χ4v) is 1.65. The van der Waals surface area contributed by atoms with Crippen molar-refractivity contribution in [3.8, 4) is 0 Å².